The molecular formula is C10H18O2. The molecule has 0 aliphatic carbocycles. The van der Waals surface area contributed by atoms with Crippen molar-refractivity contribution in [3.63, 3.8) is 0 Å². The fraction of sp³-hybridized carbons (Fsp3) is 0.800. The Balaban J connectivity index is 3.65. The highest BCUT2D eigenvalue weighted by Crippen LogP contribution is 2.20. The minimum atomic E-state index is -0.0334. The normalized spacial score (nSPS) is 11.3. The van der Waals surface area contributed by atoms with Gasteiger partial charge in [-0.25, -0.2) is 0 Å². The molecule has 2 heteroatoms. The van der Waals surface area contributed by atoms with Gasteiger partial charge in [-0.15, -0.1) is 0 Å². The molecule has 2 nitrogen and oxygen atoms in total. The molecule has 0 saturated carbocycles. The summed E-state index contributed by atoms with van der Waals surface area (Å²) >= 11 is 0. The Bertz CT molecular complexity index is 175. The quantitative estimate of drug-likeness (QED) is 0.607. The lowest BCUT2D eigenvalue weighted by Crippen LogP contribution is -2.10. The molecular weight excluding hydrogens is 152 g/mol. The maximum Gasteiger partial charge on any atom is 0.140 e. The first-order chi connectivity index (χ1) is 5.31. The van der Waals surface area contributed by atoms with Crippen LogP contribution in [0.1, 0.15) is 47.0 Å². The Labute approximate surface area is 74.3 Å². The molecule has 0 aromatic carbocycles. The van der Waals surface area contributed by atoms with E-state index >= 15 is 0 Å². The molecule has 0 saturated heterocycles. The Morgan fingerprint density at radius 1 is 1.17 bits per heavy atom. The van der Waals surface area contributed by atoms with Gasteiger partial charge in [-0.1, -0.05) is 20.8 Å². The summed E-state index contributed by atoms with van der Waals surface area (Å²) in [5.41, 5.74) is 0.187. The van der Waals surface area contributed by atoms with Gasteiger partial charge in [0.15, 0.2) is 0 Å². The minimum absolute atomic E-state index is 0.0334. The molecule has 0 bridgehead atoms. The Morgan fingerprint density at radius 2 is 1.67 bits per heavy atom. The van der Waals surface area contributed by atoms with Gasteiger partial charge in [0.05, 0.1) is 6.42 Å². The number of hydrogen-bond donors (Lipinski definition) is 0. The van der Waals surface area contributed by atoms with Crippen LogP contribution in [0.2, 0.25) is 0 Å². The highest BCUT2D eigenvalue weighted by molar-refractivity contribution is 5.97. The van der Waals surface area contributed by atoms with E-state index < -0.39 is 0 Å². The van der Waals surface area contributed by atoms with Crippen molar-refractivity contribution in [3.8, 4) is 0 Å². The average molecular weight is 170 g/mol. The van der Waals surface area contributed by atoms with E-state index in [9.17, 15) is 9.59 Å². The summed E-state index contributed by atoms with van der Waals surface area (Å²) in [6.45, 7) is 7.73. The van der Waals surface area contributed by atoms with E-state index in [0.717, 1.165) is 6.42 Å². The fourth-order valence-corrected chi connectivity index (χ4v) is 0.880. The van der Waals surface area contributed by atoms with Crippen molar-refractivity contribution in [2.24, 2.45) is 5.41 Å². The van der Waals surface area contributed by atoms with Crippen molar-refractivity contribution in [3.05, 3.63) is 0 Å². The molecule has 0 aromatic heterocycles. The van der Waals surface area contributed by atoms with Crippen molar-refractivity contribution in [1.82, 2.24) is 0 Å². The van der Waals surface area contributed by atoms with Crippen LogP contribution < -0.4 is 0 Å². The lowest BCUT2D eigenvalue weighted by molar-refractivity contribution is -0.126. The third kappa shape index (κ3) is 7.45. The van der Waals surface area contributed by atoms with E-state index in [1.165, 1.54) is 6.92 Å². The van der Waals surface area contributed by atoms with Gasteiger partial charge in [0.2, 0.25) is 0 Å². The van der Waals surface area contributed by atoms with E-state index in [1.807, 2.05) is 0 Å². The van der Waals surface area contributed by atoms with E-state index in [4.69, 9.17) is 0 Å². The summed E-state index contributed by atoms with van der Waals surface area (Å²) in [5, 5.41) is 0. The van der Waals surface area contributed by atoms with Crippen LogP contribution in [0.25, 0.3) is 0 Å². The van der Waals surface area contributed by atoms with Crippen LogP contribution in [0.5, 0.6) is 0 Å². The van der Waals surface area contributed by atoms with Crippen molar-refractivity contribution in [2.75, 3.05) is 0 Å². The third-order valence-corrected chi connectivity index (χ3v) is 1.60. The second kappa shape index (κ2) is 4.39. The summed E-state index contributed by atoms with van der Waals surface area (Å²) in [6, 6.07) is 0. The van der Waals surface area contributed by atoms with Gasteiger partial charge in [0.1, 0.15) is 11.6 Å². The predicted molar refractivity (Wildman–Crippen MR) is 49.0 cm³/mol. The van der Waals surface area contributed by atoms with Crippen LogP contribution >= 0.6 is 0 Å². The van der Waals surface area contributed by atoms with Gasteiger partial charge in [-0.2, -0.15) is 0 Å². The molecule has 0 atom stereocenters. The Hall–Kier alpha value is -0.660. The molecule has 0 amide bonds. The number of Topliss-reactive ketones (excluding diaryl/α,β-unsaturated/α-hetero) is 2. The topological polar surface area (TPSA) is 34.1 Å². The number of rotatable bonds is 4. The summed E-state index contributed by atoms with van der Waals surface area (Å²) in [5.74, 6) is 0.0336. The van der Waals surface area contributed by atoms with Crippen molar-refractivity contribution < 1.29 is 9.59 Å². The van der Waals surface area contributed by atoms with E-state index in [-0.39, 0.29) is 23.4 Å². The second-order valence-corrected chi connectivity index (χ2v) is 4.48. The molecule has 12 heavy (non-hydrogen) atoms. The van der Waals surface area contributed by atoms with Gasteiger partial charge in [0.25, 0.3) is 0 Å². The molecule has 0 heterocycles. The highest BCUT2D eigenvalue weighted by atomic mass is 16.1. The van der Waals surface area contributed by atoms with Crippen LogP contribution in [-0.4, -0.2) is 11.6 Å². The maximum atomic E-state index is 11.1. The molecule has 70 valence electrons. The Morgan fingerprint density at radius 3 is 2.00 bits per heavy atom. The third-order valence-electron chi connectivity index (χ3n) is 1.60. The van der Waals surface area contributed by atoms with Crippen molar-refractivity contribution in [1.29, 1.82) is 0 Å². The average Bonchev–Trinajstić information content (AvgIpc) is 1.80. The minimum Gasteiger partial charge on any atom is -0.300 e. The zero-order chi connectivity index (χ0) is 9.78. The first-order valence-corrected chi connectivity index (χ1v) is 4.32. The first-order valence-electron chi connectivity index (χ1n) is 4.32. The van der Waals surface area contributed by atoms with Crippen LogP contribution in [-0.2, 0) is 9.59 Å². The first kappa shape index (κ1) is 11.3. The second-order valence-electron chi connectivity index (χ2n) is 4.48. The fourth-order valence-electron chi connectivity index (χ4n) is 0.880. The maximum absolute atomic E-state index is 11.1. The smallest absolute Gasteiger partial charge is 0.140 e. The van der Waals surface area contributed by atoms with Crippen LogP contribution in [0.15, 0.2) is 0 Å². The van der Waals surface area contributed by atoms with Gasteiger partial charge >= 0.3 is 0 Å². The number of ketones is 2. The van der Waals surface area contributed by atoms with Crippen molar-refractivity contribution in [2.45, 2.75) is 47.0 Å². The Kier molecular flexibility index (Phi) is 4.15. The van der Waals surface area contributed by atoms with Gasteiger partial charge < -0.3 is 0 Å². The molecule has 0 aliphatic heterocycles. The van der Waals surface area contributed by atoms with Gasteiger partial charge in [-0.05, 0) is 18.8 Å². The molecule has 0 radical (unpaired) electrons. The van der Waals surface area contributed by atoms with Crippen LogP contribution in [0, 0.1) is 5.41 Å². The lowest BCUT2D eigenvalue weighted by Gasteiger charge is -2.16. The zero-order valence-corrected chi connectivity index (χ0v) is 8.44. The highest BCUT2D eigenvalue weighted by Gasteiger charge is 2.13. The number of carbonyl (C=O) groups excluding carboxylic acids is 2. The largest absolute Gasteiger partial charge is 0.300 e. The van der Waals surface area contributed by atoms with Gasteiger partial charge in [-0.3, -0.25) is 9.59 Å². The van der Waals surface area contributed by atoms with Crippen molar-refractivity contribution >= 4 is 11.6 Å². The monoisotopic (exact) mass is 170 g/mol. The summed E-state index contributed by atoms with van der Waals surface area (Å²) in [4.78, 5) is 21.6. The summed E-state index contributed by atoms with van der Waals surface area (Å²) in [7, 11) is 0. The van der Waals surface area contributed by atoms with Crippen LogP contribution in [0.4, 0.5) is 0 Å². The molecule has 0 aliphatic rings. The standard InChI is InChI=1S/C10H18O2/c1-8(11)7-9(12)5-6-10(2,3)4/h5-7H2,1-4H3. The lowest BCUT2D eigenvalue weighted by atomic mass is 9.89. The molecule has 0 rings (SSSR count). The molecule has 0 aromatic rings. The molecule has 0 unspecified atom stereocenters. The summed E-state index contributed by atoms with van der Waals surface area (Å²) in [6.07, 6.45) is 1.50. The predicted octanol–water partition coefficient (Wildman–Crippen LogP) is 2.36. The number of hydrogen-bond acceptors (Lipinski definition) is 2. The van der Waals surface area contributed by atoms with Crippen LogP contribution in [0.3, 0.4) is 0 Å². The molecule has 0 N–H and O–H groups in total. The summed E-state index contributed by atoms with van der Waals surface area (Å²) < 4.78 is 0. The van der Waals surface area contributed by atoms with E-state index in [1.54, 1.807) is 0 Å². The molecule has 0 fully saturated rings. The van der Waals surface area contributed by atoms with Gasteiger partial charge in [0, 0.05) is 6.42 Å². The SMILES string of the molecule is CC(=O)CC(=O)CCC(C)(C)C. The van der Waals surface area contributed by atoms with E-state index in [0.29, 0.717) is 6.42 Å². The zero-order valence-electron chi connectivity index (χ0n) is 8.44. The van der Waals surface area contributed by atoms with E-state index in [2.05, 4.69) is 20.8 Å². The molecule has 0 spiro atoms. The number of carbonyl (C=O) groups is 2.